The predicted molar refractivity (Wildman–Crippen MR) is 79.0 cm³/mol. The van der Waals surface area contributed by atoms with E-state index in [1.807, 2.05) is 59.4 Å². The van der Waals surface area contributed by atoms with Crippen LogP contribution in [0.1, 0.15) is 17.2 Å². The summed E-state index contributed by atoms with van der Waals surface area (Å²) in [6.07, 6.45) is 1.24. The molecule has 0 aliphatic heterocycles. The molecular weight excluding hydrogens is 250 g/mol. The third-order valence-electron chi connectivity index (χ3n) is 3.50. The lowest BCUT2D eigenvalue weighted by molar-refractivity contribution is 0.153. The molecular formula is C16H17N3O. The van der Waals surface area contributed by atoms with Crippen molar-refractivity contribution in [2.75, 3.05) is 0 Å². The Bertz CT molecular complexity index is 703. The maximum atomic E-state index is 10.3. The lowest BCUT2D eigenvalue weighted by atomic mass is 10.1. The standard InChI is InChI=1S/C16H17N3O/c17-9-12-5-7-13(8-6-12)16(20)11-19-15-4-2-1-3-14(15)10-18-19/h1-8,10,16,20H,9,11,17H2. The zero-order valence-electron chi connectivity index (χ0n) is 11.1. The monoisotopic (exact) mass is 267 g/mol. The molecule has 1 heterocycles. The highest BCUT2D eigenvalue weighted by Crippen LogP contribution is 2.19. The van der Waals surface area contributed by atoms with E-state index >= 15 is 0 Å². The Morgan fingerprint density at radius 1 is 1.10 bits per heavy atom. The molecule has 0 saturated carbocycles. The number of aromatic nitrogens is 2. The van der Waals surface area contributed by atoms with Gasteiger partial charge in [-0.25, -0.2) is 0 Å². The Morgan fingerprint density at radius 3 is 2.60 bits per heavy atom. The molecule has 0 bridgehead atoms. The van der Waals surface area contributed by atoms with E-state index in [9.17, 15) is 5.11 Å². The van der Waals surface area contributed by atoms with E-state index in [0.717, 1.165) is 22.0 Å². The molecule has 3 aromatic rings. The van der Waals surface area contributed by atoms with Crippen LogP contribution in [0.5, 0.6) is 0 Å². The number of rotatable bonds is 4. The molecule has 3 rings (SSSR count). The van der Waals surface area contributed by atoms with Crippen molar-refractivity contribution in [2.24, 2.45) is 5.73 Å². The molecule has 0 aliphatic rings. The normalized spacial score (nSPS) is 12.7. The molecule has 1 aromatic heterocycles. The minimum Gasteiger partial charge on any atom is -0.386 e. The van der Waals surface area contributed by atoms with Gasteiger partial charge in [-0.15, -0.1) is 0 Å². The van der Waals surface area contributed by atoms with Gasteiger partial charge in [-0.05, 0) is 17.2 Å². The molecule has 1 unspecified atom stereocenters. The number of benzene rings is 2. The van der Waals surface area contributed by atoms with Crippen molar-refractivity contribution in [2.45, 2.75) is 19.2 Å². The Kier molecular flexibility index (Phi) is 3.50. The molecule has 0 saturated heterocycles. The lowest BCUT2D eigenvalue weighted by Crippen LogP contribution is -2.10. The van der Waals surface area contributed by atoms with Crippen LogP contribution >= 0.6 is 0 Å². The Hall–Kier alpha value is -2.17. The minimum atomic E-state index is -0.579. The van der Waals surface area contributed by atoms with Crippen molar-refractivity contribution in [3.63, 3.8) is 0 Å². The van der Waals surface area contributed by atoms with Crippen LogP contribution in [0.15, 0.2) is 54.7 Å². The number of fused-ring (bicyclic) bond motifs is 1. The van der Waals surface area contributed by atoms with E-state index in [4.69, 9.17) is 5.73 Å². The average Bonchev–Trinajstić information content (AvgIpc) is 2.91. The molecule has 1 atom stereocenters. The van der Waals surface area contributed by atoms with Gasteiger partial charge in [0.2, 0.25) is 0 Å². The number of nitrogens with two attached hydrogens (primary N) is 1. The number of hydrogen-bond acceptors (Lipinski definition) is 3. The summed E-state index contributed by atoms with van der Waals surface area (Å²) >= 11 is 0. The van der Waals surface area contributed by atoms with Crippen LogP contribution in [0, 0.1) is 0 Å². The van der Waals surface area contributed by atoms with Gasteiger partial charge in [-0.3, -0.25) is 4.68 Å². The van der Waals surface area contributed by atoms with Gasteiger partial charge < -0.3 is 10.8 Å². The van der Waals surface area contributed by atoms with E-state index in [1.165, 1.54) is 0 Å². The topological polar surface area (TPSA) is 64.1 Å². The van der Waals surface area contributed by atoms with Crippen LogP contribution in [0.4, 0.5) is 0 Å². The van der Waals surface area contributed by atoms with Gasteiger partial charge in [-0.1, -0.05) is 42.5 Å². The highest BCUT2D eigenvalue weighted by molar-refractivity contribution is 5.78. The van der Waals surface area contributed by atoms with Crippen molar-refractivity contribution in [3.05, 3.63) is 65.9 Å². The van der Waals surface area contributed by atoms with Gasteiger partial charge in [-0.2, -0.15) is 5.10 Å². The summed E-state index contributed by atoms with van der Waals surface area (Å²) in [5.74, 6) is 0. The molecule has 3 N–H and O–H groups in total. The fourth-order valence-corrected chi connectivity index (χ4v) is 2.32. The fraction of sp³-hybridized carbons (Fsp3) is 0.188. The van der Waals surface area contributed by atoms with Crippen molar-refractivity contribution >= 4 is 10.9 Å². The van der Waals surface area contributed by atoms with Gasteiger partial charge in [0.25, 0.3) is 0 Å². The number of para-hydroxylation sites is 1. The maximum absolute atomic E-state index is 10.3. The predicted octanol–water partition coefficient (Wildman–Crippen LogP) is 2.23. The molecule has 0 spiro atoms. The highest BCUT2D eigenvalue weighted by Gasteiger charge is 2.10. The van der Waals surface area contributed by atoms with Crippen LogP contribution in [0.3, 0.4) is 0 Å². The number of hydrogen-bond donors (Lipinski definition) is 2. The summed E-state index contributed by atoms with van der Waals surface area (Å²) in [6, 6.07) is 15.7. The molecule has 0 radical (unpaired) electrons. The molecule has 4 nitrogen and oxygen atoms in total. The molecule has 0 aliphatic carbocycles. The summed E-state index contributed by atoms with van der Waals surface area (Å²) in [5, 5.41) is 15.7. The second-order valence-electron chi connectivity index (χ2n) is 4.85. The van der Waals surface area contributed by atoms with E-state index < -0.39 is 6.10 Å². The lowest BCUT2D eigenvalue weighted by Gasteiger charge is -2.12. The molecule has 2 aromatic carbocycles. The van der Waals surface area contributed by atoms with E-state index in [0.29, 0.717) is 13.1 Å². The van der Waals surface area contributed by atoms with Gasteiger partial charge in [0, 0.05) is 11.9 Å². The SMILES string of the molecule is NCc1ccc(C(O)Cn2ncc3ccccc32)cc1. The van der Waals surface area contributed by atoms with E-state index in [1.54, 1.807) is 0 Å². The average molecular weight is 267 g/mol. The van der Waals surface area contributed by atoms with Crippen LogP contribution in [-0.4, -0.2) is 14.9 Å². The molecule has 0 fully saturated rings. The first kappa shape index (κ1) is 12.8. The first-order valence-electron chi connectivity index (χ1n) is 6.65. The Morgan fingerprint density at radius 2 is 1.85 bits per heavy atom. The third kappa shape index (κ3) is 2.43. The minimum absolute atomic E-state index is 0.440. The van der Waals surface area contributed by atoms with Gasteiger partial charge in [0.05, 0.1) is 24.4 Å². The second kappa shape index (κ2) is 5.45. The smallest absolute Gasteiger partial charge is 0.0986 e. The second-order valence-corrected chi connectivity index (χ2v) is 4.85. The zero-order valence-corrected chi connectivity index (χ0v) is 11.1. The Labute approximate surface area is 117 Å². The van der Waals surface area contributed by atoms with Crippen molar-refractivity contribution in [1.29, 1.82) is 0 Å². The number of aliphatic hydroxyl groups is 1. The van der Waals surface area contributed by atoms with E-state index in [2.05, 4.69) is 5.10 Å². The van der Waals surface area contributed by atoms with Crippen LogP contribution < -0.4 is 5.73 Å². The fourth-order valence-electron chi connectivity index (χ4n) is 2.32. The first-order valence-corrected chi connectivity index (χ1v) is 6.65. The van der Waals surface area contributed by atoms with Crippen molar-refractivity contribution in [3.8, 4) is 0 Å². The number of aliphatic hydroxyl groups excluding tert-OH is 1. The summed E-state index contributed by atoms with van der Waals surface area (Å²) in [7, 11) is 0. The summed E-state index contributed by atoms with van der Waals surface area (Å²) < 4.78 is 1.83. The Balaban J connectivity index is 1.82. The van der Waals surface area contributed by atoms with Gasteiger partial charge in [0.15, 0.2) is 0 Å². The molecule has 0 amide bonds. The summed E-state index contributed by atoms with van der Waals surface area (Å²) in [5.41, 5.74) is 8.54. The molecule has 102 valence electrons. The van der Waals surface area contributed by atoms with Crippen molar-refractivity contribution < 1.29 is 5.11 Å². The summed E-state index contributed by atoms with van der Waals surface area (Å²) in [4.78, 5) is 0. The van der Waals surface area contributed by atoms with Crippen molar-refractivity contribution in [1.82, 2.24) is 9.78 Å². The number of nitrogens with zero attached hydrogens (tertiary/aromatic N) is 2. The third-order valence-corrected chi connectivity index (χ3v) is 3.50. The van der Waals surface area contributed by atoms with Gasteiger partial charge >= 0.3 is 0 Å². The van der Waals surface area contributed by atoms with E-state index in [-0.39, 0.29) is 0 Å². The van der Waals surface area contributed by atoms with Gasteiger partial charge in [0.1, 0.15) is 0 Å². The quantitative estimate of drug-likeness (QED) is 0.762. The van der Waals surface area contributed by atoms with Crippen LogP contribution in [-0.2, 0) is 13.1 Å². The largest absolute Gasteiger partial charge is 0.386 e. The molecule has 20 heavy (non-hydrogen) atoms. The maximum Gasteiger partial charge on any atom is 0.0986 e. The van der Waals surface area contributed by atoms with Crippen LogP contribution in [0.2, 0.25) is 0 Å². The molecule has 4 heteroatoms. The zero-order chi connectivity index (χ0) is 13.9. The van der Waals surface area contributed by atoms with Crippen LogP contribution in [0.25, 0.3) is 10.9 Å². The first-order chi connectivity index (χ1) is 9.78. The highest BCUT2D eigenvalue weighted by atomic mass is 16.3. The summed E-state index contributed by atoms with van der Waals surface area (Å²) in [6.45, 7) is 0.954.